The van der Waals surface area contributed by atoms with Gasteiger partial charge in [-0.05, 0) is 24.3 Å². The summed E-state index contributed by atoms with van der Waals surface area (Å²) in [4.78, 5) is 0. The van der Waals surface area contributed by atoms with Gasteiger partial charge in [0, 0.05) is 11.6 Å². The summed E-state index contributed by atoms with van der Waals surface area (Å²) in [7, 11) is 0. The standard InChI is InChI=1S/C9H19NOS/c1-8(2)10-9(7-11)3-5-12-6-4-9/h8,10-11H,3-7H2,1-2H3. The molecule has 0 aliphatic carbocycles. The molecule has 0 spiro atoms. The molecule has 0 saturated carbocycles. The van der Waals surface area contributed by atoms with Gasteiger partial charge in [-0.3, -0.25) is 0 Å². The van der Waals surface area contributed by atoms with Crippen molar-refractivity contribution in [2.45, 2.75) is 38.3 Å². The summed E-state index contributed by atoms with van der Waals surface area (Å²) >= 11 is 1.99. The molecule has 2 nitrogen and oxygen atoms in total. The lowest BCUT2D eigenvalue weighted by molar-refractivity contribution is 0.142. The van der Waals surface area contributed by atoms with Crippen molar-refractivity contribution in [3.63, 3.8) is 0 Å². The van der Waals surface area contributed by atoms with Crippen LogP contribution in [-0.4, -0.2) is 34.8 Å². The monoisotopic (exact) mass is 189 g/mol. The van der Waals surface area contributed by atoms with Crippen LogP contribution in [0.5, 0.6) is 0 Å². The Morgan fingerprint density at radius 2 is 2.00 bits per heavy atom. The number of nitrogens with one attached hydrogen (secondary N) is 1. The zero-order valence-corrected chi connectivity index (χ0v) is 8.78. The van der Waals surface area contributed by atoms with Crippen molar-refractivity contribution in [3.05, 3.63) is 0 Å². The molecule has 0 aromatic rings. The minimum Gasteiger partial charge on any atom is -0.394 e. The van der Waals surface area contributed by atoms with E-state index in [0.717, 1.165) is 12.8 Å². The zero-order valence-electron chi connectivity index (χ0n) is 7.97. The lowest BCUT2D eigenvalue weighted by Crippen LogP contribution is -2.53. The van der Waals surface area contributed by atoms with E-state index in [1.165, 1.54) is 11.5 Å². The average Bonchev–Trinajstić information content (AvgIpc) is 2.05. The highest BCUT2D eigenvalue weighted by Gasteiger charge is 2.31. The van der Waals surface area contributed by atoms with E-state index in [2.05, 4.69) is 19.2 Å². The van der Waals surface area contributed by atoms with Crippen LogP contribution in [0.2, 0.25) is 0 Å². The van der Waals surface area contributed by atoms with Crippen LogP contribution < -0.4 is 5.32 Å². The summed E-state index contributed by atoms with van der Waals surface area (Å²) in [5.74, 6) is 2.36. The Labute approximate surface area is 79.1 Å². The van der Waals surface area contributed by atoms with Crippen LogP contribution in [0.1, 0.15) is 26.7 Å². The summed E-state index contributed by atoms with van der Waals surface area (Å²) in [6.07, 6.45) is 2.21. The molecule has 1 saturated heterocycles. The van der Waals surface area contributed by atoms with Gasteiger partial charge in [0.1, 0.15) is 0 Å². The highest BCUT2D eigenvalue weighted by molar-refractivity contribution is 7.99. The van der Waals surface area contributed by atoms with Gasteiger partial charge in [0.2, 0.25) is 0 Å². The minimum absolute atomic E-state index is 0.0272. The van der Waals surface area contributed by atoms with E-state index in [1.807, 2.05) is 11.8 Å². The van der Waals surface area contributed by atoms with Crippen molar-refractivity contribution in [2.75, 3.05) is 18.1 Å². The minimum atomic E-state index is 0.0272. The normalized spacial score (nSPS) is 23.0. The first kappa shape index (κ1) is 10.4. The molecule has 0 amide bonds. The summed E-state index contributed by atoms with van der Waals surface area (Å²) in [6.45, 7) is 4.56. The second-order valence-corrected chi connectivity index (χ2v) is 5.07. The van der Waals surface area contributed by atoms with Crippen LogP contribution in [0.3, 0.4) is 0 Å². The lowest BCUT2D eigenvalue weighted by atomic mass is 9.92. The van der Waals surface area contributed by atoms with Crippen molar-refractivity contribution < 1.29 is 5.11 Å². The van der Waals surface area contributed by atoms with Crippen LogP contribution >= 0.6 is 11.8 Å². The molecule has 0 atom stereocenters. The molecule has 1 aliphatic heterocycles. The zero-order chi connectivity index (χ0) is 9.03. The Hall–Kier alpha value is 0.270. The molecule has 72 valence electrons. The quantitative estimate of drug-likeness (QED) is 0.700. The Bertz CT molecular complexity index is 132. The van der Waals surface area contributed by atoms with Crippen molar-refractivity contribution in [3.8, 4) is 0 Å². The number of aliphatic hydroxyl groups excluding tert-OH is 1. The van der Waals surface area contributed by atoms with Gasteiger partial charge in [0.05, 0.1) is 6.61 Å². The largest absolute Gasteiger partial charge is 0.394 e. The third kappa shape index (κ3) is 2.64. The van der Waals surface area contributed by atoms with Gasteiger partial charge in [-0.2, -0.15) is 11.8 Å². The maximum Gasteiger partial charge on any atom is 0.0614 e. The van der Waals surface area contributed by atoms with Gasteiger partial charge in [0.25, 0.3) is 0 Å². The van der Waals surface area contributed by atoms with E-state index in [1.54, 1.807) is 0 Å². The van der Waals surface area contributed by atoms with Crippen molar-refractivity contribution in [1.29, 1.82) is 0 Å². The SMILES string of the molecule is CC(C)NC1(CO)CCSCC1. The van der Waals surface area contributed by atoms with Crippen LogP contribution in [0.25, 0.3) is 0 Å². The van der Waals surface area contributed by atoms with Gasteiger partial charge in [-0.15, -0.1) is 0 Å². The number of thioether (sulfide) groups is 1. The van der Waals surface area contributed by atoms with E-state index >= 15 is 0 Å². The second-order valence-electron chi connectivity index (χ2n) is 3.85. The summed E-state index contributed by atoms with van der Waals surface area (Å²) in [5.41, 5.74) is 0.0272. The number of hydrogen-bond donors (Lipinski definition) is 2. The smallest absolute Gasteiger partial charge is 0.0614 e. The predicted molar refractivity (Wildman–Crippen MR) is 54.6 cm³/mol. The molecule has 0 radical (unpaired) electrons. The van der Waals surface area contributed by atoms with Gasteiger partial charge in [0.15, 0.2) is 0 Å². The first-order chi connectivity index (χ1) is 5.68. The molecule has 3 heteroatoms. The number of hydrogen-bond acceptors (Lipinski definition) is 3. The third-order valence-corrected chi connectivity index (χ3v) is 3.33. The van der Waals surface area contributed by atoms with Crippen LogP contribution in [0.4, 0.5) is 0 Å². The summed E-state index contributed by atoms with van der Waals surface area (Å²) in [6, 6.07) is 0.472. The Kier molecular flexibility index (Phi) is 3.87. The molecular weight excluding hydrogens is 170 g/mol. The first-order valence-electron chi connectivity index (χ1n) is 4.65. The van der Waals surface area contributed by atoms with E-state index < -0.39 is 0 Å². The molecule has 1 aliphatic rings. The molecule has 12 heavy (non-hydrogen) atoms. The Morgan fingerprint density at radius 1 is 1.42 bits per heavy atom. The fraction of sp³-hybridized carbons (Fsp3) is 1.00. The highest BCUT2D eigenvalue weighted by Crippen LogP contribution is 2.26. The van der Waals surface area contributed by atoms with Crippen molar-refractivity contribution >= 4 is 11.8 Å². The second kappa shape index (κ2) is 4.49. The number of rotatable bonds is 3. The van der Waals surface area contributed by atoms with Gasteiger partial charge < -0.3 is 10.4 Å². The fourth-order valence-corrected chi connectivity index (χ4v) is 3.00. The third-order valence-electron chi connectivity index (χ3n) is 2.35. The lowest BCUT2D eigenvalue weighted by Gasteiger charge is -2.38. The molecule has 0 aromatic carbocycles. The first-order valence-corrected chi connectivity index (χ1v) is 5.80. The van der Waals surface area contributed by atoms with Gasteiger partial charge in [-0.1, -0.05) is 13.8 Å². The predicted octanol–water partition coefficient (Wildman–Crippen LogP) is 1.24. The van der Waals surface area contributed by atoms with Crippen LogP contribution in [0, 0.1) is 0 Å². The maximum absolute atomic E-state index is 9.32. The summed E-state index contributed by atoms with van der Waals surface area (Å²) in [5, 5.41) is 12.8. The van der Waals surface area contributed by atoms with E-state index in [9.17, 15) is 5.11 Å². The van der Waals surface area contributed by atoms with E-state index in [0.29, 0.717) is 6.04 Å². The molecule has 1 fully saturated rings. The molecule has 0 unspecified atom stereocenters. The molecule has 1 rings (SSSR count). The fourth-order valence-electron chi connectivity index (χ4n) is 1.72. The maximum atomic E-state index is 9.32. The topological polar surface area (TPSA) is 32.3 Å². The Balaban J connectivity index is 2.48. The molecule has 0 aromatic heterocycles. The van der Waals surface area contributed by atoms with Gasteiger partial charge >= 0.3 is 0 Å². The Morgan fingerprint density at radius 3 is 2.42 bits per heavy atom. The molecule has 1 heterocycles. The molecular formula is C9H19NOS. The van der Waals surface area contributed by atoms with E-state index in [4.69, 9.17) is 0 Å². The van der Waals surface area contributed by atoms with E-state index in [-0.39, 0.29) is 12.1 Å². The van der Waals surface area contributed by atoms with Gasteiger partial charge in [-0.25, -0.2) is 0 Å². The molecule has 2 N–H and O–H groups in total. The van der Waals surface area contributed by atoms with Crippen molar-refractivity contribution in [1.82, 2.24) is 5.32 Å². The molecule has 0 bridgehead atoms. The highest BCUT2D eigenvalue weighted by atomic mass is 32.2. The summed E-state index contributed by atoms with van der Waals surface area (Å²) < 4.78 is 0. The number of aliphatic hydroxyl groups is 1. The average molecular weight is 189 g/mol. The van der Waals surface area contributed by atoms with Crippen molar-refractivity contribution in [2.24, 2.45) is 0 Å². The van der Waals surface area contributed by atoms with Crippen LogP contribution in [0.15, 0.2) is 0 Å². The van der Waals surface area contributed by atoms with Crippen LogP contribution in [-0.2, 0) is 0 Å².